The van der Waals surface area contributed by atoms with Gasteiger partial charge in [-0.2, -0.15) is 0 Å². The van der Waals surface area contributed by atoms with E-state index in [0.29, 0.717) is 30.4 Å². The Morgan fingerprint density at radius 1 is 1.00 bits per heavy atom. The van der Waals surface area contributed by atoms with Gasteiger partial charge in [0.25, 0.3) is 5.09 Å². The maximum absolute atomic E-state index is 12.9. The smallest absolute Gasteiger partial charge is 0.291 e. The molecular formula is C27H35N3O8. The minimum atomic E-state index is -1.50. The molecule has 1 aliphatic carbocycles. The summed E-state index contributed by atoms with van der Waals surface area (Å²) in [6.45, 7) is 2.59. The fraction of sp³-hybridized carbons (Fsp3) is 0.444. The first kappa shape index (κ1) is 28.6. The molecule has 0 saturated carbocycles. The number of hydrogen-bond donors (Lipinski definition) is 1. The van der Waals surface area contributed by atoms with E-state index in [4.69, 9.17) is 34.3 Å². The van der Waals surface area contributed by atoms with E-state index in [9.17, 15) is 4.79 Å². The highest BCUT2D eigenvalue weighted by Gasteiger charge is 2.29. The van der Waals surface area contributed by atoms with Crippen LogP contribution in [0.25, 0.3) is 6.08 Å². The third kappa shape index (κ3) is 6.86. The molecule has 0 aromatic heterocycles. The lowest BCUT2D eigenvalue weighted by atomic mass is 9.77. The van der Waals surface area contributed by atoms with Crippen LogP contribution in [0.15, 0.2) is 30.5 Å². The Labute approximate surface area is 222 Å². The third-order valence-corrected chi connectivity index (χ3v) is 6.76. The number of likely N-dealkylation sites (N-methyl/N-ethyl adjacent to an activating group) is 1. The number of ether oxygens (including phenoxy) is 4. The molecule has 4 rings (SSSR count). The van der Waals surface area contributed by atoms with Crippen LogP contribution in [-0.2, 0) is 17.6 Å². The number of amides is 1. The van der Waals surface area contributed by atoms with Crippen molar-refractivity contribution in [3.8, 4) is 23.0 Å². The molecule has 1 atom stereocenters. The molecule has 2 aromatic carbocycles. The summed E-state index contributed by atoms with van der Waals surface area (Å²) in [5, 5.41) is 13.6. The minimum Gasteiger partial charge on any atom is -0.493 e. The number of hydrogen-bond acceptors (Lipinski definition) is 8. The van der Waals surface area contributed by atoms with Gasteiger partial charge in [-0.1, -0.05) is 0 Å². The van der Waals surface area contributed by atoms with Crippen molar-refractivity contribution in [1.29, 1.82) is 0 Å². The first-order valence-electron chi connectivity index (χ1n) is 12.2. The molecule has 2 aliphatic rings. The third-order valence-electron chi connectivity index (χ3n) is 6.76. The second kappa shape index (κ2) is 13.0. The van der Waals surface area contributed by atoms with E-state index < -0.39 is 5.09 Å². The topological polar surface area (TPSA) is 124 Å². The Bertz CT molecular complexity index is 1180. The summed E-state index contributed by atoms with van der Waals surface area (Å²) in [5.41, 5.74) is 4.62. The molecule has 11 heteroatoms. The van der Waals surface area contributed by atoms with Gasteiger partial charge in [0.15, 0.2) is 23.0 Å². The molecule has 2 aromatic rings. The van der Waals surface area contributed by atoms with Crippen LogP contribution < -0.4 is 18.9 Å². The molecular weight excluding hydrogens is 494 g/mol. The van der Waals surface area contributed by atoms with Crippen molar-refractivity contribution in [2.24, 2.45) is 0 Å². The van der Waals surface area contributed by atoms with E-state index in [1.165, 1.54) is 11.1 Å². The quantitative estimate of drug-likeness (QED) is 0.364. The zero-order valence-corrected chi connectivity index (χ0v) is 22.4. The van der Waals surface area contributed by atoms with Gasteiger partial charge in [-0.05, 0) is 79.0 Å². The van der Waals surface area contributed by atoms with Crippen molar-refractivity contribution in [2.45, 2.75) is 25.2 Å². The van der Waals surface area contributed by atoms with E-state index in [-0.39, 0.29) is 5.91 Å². The Balaban J connectivity index is 0.000000934. The lowest BCUT2D eigenvalue weighted by molar-refractivity contribution is -0.742. The zero-order chi connectivity index (χ0) is 27.8. The van der Waals surface area contributed by atoms with E-state index in [0.717, 1.165) is 48.6 Å². The summed E-state index contributed by atoms with van der Waals surface area (Å²) >= 11 is 0. The number of methoxy groups -OCH3 is 4. The summed E-state index contributed by atoms with van der Waals surface area (Å²) in [6, 6.07) is 8.02. The van der Waals surface area contributed by atoms with Gasteiger partial charge >= 0.3 is 0 Å². The number of fused-ring (bicyclic) bond motifs is 2. The van der Waals surface area contributed by atoms with Crippen LogP contribution in [0.3, 0.4) is 0 Å². The molecule has 206 valence electrons. The average Bonchev–Trinajstić information content (AvgIpc) is 3.03. The normalized spacial score (nSPS) is 15.4. The van der Waals surface area contributed by atoms with E-state index in [1.54, 1.807) is 28.4 Å². The second-order valence-electron chi connectivity index (χ2n) is 9.15. The largest absolute Gasteiger partial charge is 0.493 e. The van der Waals surface area contributed by atoms with Gasteiger partial charge in [-0.3, -0.25) is 4.79 Å². The first-order valence-corrected chi connectivity index (χ1v) is 12.2. The molecule has 38 heavy (non-hydrogen) atoms. The number of carbonyl (C=O) groups excluding carboxylic acids is 1. The molecule has 0 bridgehead atoms. The maximum Gasteiger partial charge on any atom is 0.291 e. The second-order valence-corrected chi connectivity index (χ2v) is 9.15. The lowest BCUT2D eigenvalue weighted by Crippen LogP contribution is -2.34. The Hall–Kier alpha value is -3.99. The monoisotopic (exact) mass is 529 g/mol. The van der Waals surface area contributed by atoms with Gasteiger partial charge < -0.3 is 34.0 Å². The van der Waals surface area contributed by atoms with Crippen LogP contribution in [0, 0.1) is 10.1 Å². The van der Waals surface area contributed by atoms with Crippen molar-refractivity contribution in [1.82, 2.24) is 9.80 Å². The maximum atomic E-state index is 12.9. The van der Waals surface area contributed by atoms with Crippen molar-refractivity contribution in [3.05, 3.63) is 62.8 Å². The number of rotatable bonds is 10. The Morgan fingerprint density at radius 2 is 1.55 bits per heavy atom. The van der Waals surface area contributed by atoms with Crippen molar-refractivity contribution < 1.29 is 34.0 Å². The number of benzene rings is 2. The predicted molar refractivity (Wildman–Crippen MR) is 141 cm³/mol. The fourth-order valence-corrected chi connectivity index (χ4v) is 4.84. The van der Waals surface area contributed by atoms with Crippen LogP contribution in [0.1, 0.15) is 34.6 Å². The van der Waals surface area contributed by atoms with Gasteiger partial charge in [-0.25, -0.2) is 0 Å². The van der Waals surface area contributed by atoms with E-state index >= 15 is 0 Å². The molecule has 0 radical (unpaired) electrons. The van der Waals surface area contributed by atoms with Crippen LogP contribution in [0.2, 0.25) is 0 Å². The number of carbonyl (C=O) groups is 1. The van der Waals surface area contributed by atoms with Crippen LogP contribution in [0.5, 0.6) is 23.0 Å². The van der Waals surface area contributed by atoms with Crippen LogP contribution >= 0.6 is 0 Å². The Kier molecular flexibility index (Phi) is 9.78. The average molecular weight is 530 g/mol. The minimum absolute atomic E-state index is 0.0961. The fourth-order valence-electron chi connectivity index (χ4n) is 4.84. The van der Waals surface area contributed by atoms with Gasteiger partial charge in [-0.15, -0.1) is 10.1 Å². The SMILES string of the molecule is COc1cc2c(cc1OC)CC(=O)N(CCCN(C)C[C@H]1Cc3cc(OC)c(OC)cc31)C=C2.O=[N+]([O-])O. The molecule has 0 fully saturated rings. The molecule has 1 heterocycles. The van der Waals surface area contributed by atoms with Crippen molar-refractivity contribution >= 4 is 12.0 Å². The summed E-state index contributed by atoms with van der Waals surface area (Å²) in [6.07, 6.45) is 6.18. The molecule has 1 amide bonds. The number of nitrogens with zero attached hydrogens (tertiary/aromatic N) is 3. The Morgan fingerprint density at radius 3 is 2.16 bits per heavy atom. The standard InChI is InChI=1S/C27H34N2O5.HNO3/c1-28(17-21-11-20-14-25(33-4)26(34-5)16-22(20)21)8-6-9-29-10-7-18-12-23(31-2)24(32-3)13-19(18)15-27(29)30;2-1(3)4/h7,10,12-14,16,21H,6,8-9,11,15,17H2,1-5H3;(H,2,3,4)/t21-;/m1./s1. The van der Waals surface area contributed by atoms with Gasteiger partial charge in [0, 0.05) is 25.2 Å². The van der Waals surface area contributed by atoms with Gasteiger partial charge in [0.1, 0.15) is 0 Å². The first-order chi connectivity index (χ1) is 18.2. The van der Waals surface area contributed by atoms with Crippen LogP contribution in [0.4, 0.5) is 0 Å². The predicted octanol–water partition coefficient (Wildman–Crippen LogP) is 3.39. The summed E-state index contributed by atoms with van der Waals surface area (Å²) < 4.78 is 21.7. The molecule has 11 nitrogen and oxygen atoms in total. The highest BCUT2D eigenvalue weighted by molar-refractivity contribution is 5.84. The highest BCUT2D eigenvalue weighted by atomic mass is 16.9. The van der Waals surface area contributed by atoms with Crippen molar-refractivity contribution in [3.63, 3.8) is 0 Å². The zero-order valence-electron chi connectivity index (χ0n) is 22.4. The summed E-state index contributed by atoms with van der Waals surface area (Å²) in [4.78, 5) is 25.4. The molecule has 0 unspecified atom stereocenters. The van der Waals surface area contributed by atoms with E-state index in [1.807, 2.05) is 29.3 Å². The van der Waals surface area contributed by atoms with Gasteiger partial charge in [0.05, 0.1) is 34.9 Å². The van der Waals surface area contributed by atoms with Gasteiger partial charge in [0.2, 0.25) is 5.91 Å². The van der Waals surface area contributed by atoms with Crippen LogP contribution in [-0.4, -0.2) is 81.1 Å². The molecule has 1 aliphatic heterocycles. The highest BCUT2D eigenvalue weighted by Crippen LogP contribution is 2.42. The molecule has 0 saturated heterocycles. The molecule has 1 N–H and O–H groups in total. The van der Waals surface area contributed by atoms with E-state index in [2.05, 4.69) is 24.1 Å². The molecule has 0 spiro atoms. The lowest BCUT2D eigenvalue weighted by Gasteiger charge is -2.34. The summed E-state index contributed by atoms with van der Waals surface area (Å²) in [5.74, 6) is 3.49. The summed E-state index contributed by atoms with van der Waals surface area (Å²) in [7, 11) is 8.72. The van der Waals surface area contributed by atoms with Crippen molar-refractivity contribution in [2.75, 3.05) is 55.1 Å².